The second kappa shape index (κ2) is 9.81. The monoisotopic (exact) mass is 203 g/mol. The van der Waals surface area contributed by atoms with Crippen LogP contribution >= 0.6 is 12.2 Å². The van der Waals surface area contributed by atoms with Gasteiger partial charge in [0.15, 0.2) is 6.29 Å². The summed E-state index contributed by atoms with van der Waals surface area (Å²) in [5.74, 6) is 0. The van der Waals surface area contributed by atoms with Crippen molar-refractivity contribution in [1.29, 1.82) is 0 Å². The molecule has 4 heteroatoms. The molecule has 3 nitrogen and oxygen atoms in total. The molecule has 0 saturated carbocycles. The highest BCUT2D eigenvalue weighted by Crippen LogP contribution is 2.00. The van der Waals surface area contributed by atoms with Crippen molar-refractivity contribution in [3.8, 4) is 0 Å². The lowest BCUT2D eigenvalue weighted by Gasteiger charge is -2.05. The SMILES string of the molecule is CC(O)OCCCCCCN=C=S. The molecular formula is C9H17NO2S. The van der Waals surface area contributed by atoms with E-state index in [9.17, 15) is 0 Å². The fraction of sp³-hybridized carbons (Fsp3) is 0.889. The number of ether oxygens (including phenoxy) is 1. The largest absolute Gasteiger partial charge is 0.368 e. The Morgan fingerprint density at radius 1 is 1.38 bits per heavy atom. The van der Waals surface area contributed by atoms with E-state index >= 15 is 0 Å². The third-order valence-electron chi connectivity index (χ3n) is 1.59. The highest BCUT2D eigenvalue weighted by atomic mass is 32.1. The van der Waals surface area contributed by atoms with Crippen molar-refractivity contribution in [3.63, 3.8) is 0 Å². The van der Waals surface area contributed by atoms with Gasteiger partial charge in [0.2, 0.25) is 0 Å². The van der Waals surface area contributed by atoms with Crippen molar-refractivity contribution in [2.24, 2.45) is 4.99 Å². The number of isothiocyanates is 1. The van der Waals surface area contributed by atoms with Gasteiger partial charge in [0, 0.05) is 13.2 Å². The van der Waals surface area contributed by atoms with Crippen LogP contribution in [0.1, 0.15) is 32.6 Å². The van der Waals surface area contributed by atoms with Crippen LogP contribution in [-0.4, -0.2) is 29.7 Å². The average Bonchev–Trinajstić information content (AvgIpc) is 2.09. The Kier molecular flexibility index (Phi) is 9.59. The van der Waals surface area contributed by atoms with Gasteiger partial charge >= 0.3 is 0 Å². The van der Waals surface area contributed by atoms with E-state index in [4.69, 9.17) is 9.84 Å². The van der Waals surface area contributed by atoms with Gasteiger partial charge in [0.1, 0.15) is 0 Å². The molecule has 0 rings (SSSR count). The Balaban J connectivity index is 2.95. The number of nitrogens with zero attached hydrogens (tertiary/aromatic N) is 1. The Morgan fingerprint density at radius 3 is 2.69 bits per heavy atom. The second-order valence-corrected chi connectivity index (χ2v) is 3.04. The van der Waals surface area contributed by atoms with E-state index in [2.05, 4.69) is 22.4 Å². The standard InChI is InChI=1S/C9H17NO2S/c1-9(11)12-7-5-3-2-4-6-10-8-13/h9,11H,2-7H2,1H3. The molecule has 0 spiro atoms. The fourth-order valence-electron chi connectivity index (χ4n) is 0.946. The minimum Gasteiger partial charge on any atom is -0.368 e. The first-order valence-electron chi connectivity index (χ1n) is 4.60. The molecule has 76 valence electrons. The van der Waals surface area contributed by atoms with Crippen molar-refractivity contribution in [3.05, 3.63) is 0 Å². The lowest BCUT2D eigenvalue weighted by atomic mass is 10.2. The molecule has 13 heavy (non-hydrogen) atoms. The number of aliphatic hydroxyl groups excluding tert-OH is 1. The van der Waals surface area contributed by atoms with E-state index in [1.165, 1.54) is 0 Å². The number of rotatable bonds is 8. The van der Waals surface area contributed by atoms with Gasteiger partial charge in [0.25, 0.3) is 0 Å². The fourth-order valence-corrected chi connectivity index (χ4v) is 1.04. The summed E-state index contributed by atoms with van der Waals surface area (Å²) in [6.07, 6.45) is 3.65. The zero-order valence-corrected chi connectivity index (χ0v) is 8.85. The third-order valence-corrected chi connectivity index (χ3v) is 1.72. The summed E-state index contributed by atoms with van der Waals surface area (Å²) >= 11 is 4.44. The Morgan fingerprint density at radius 2 is 2.08 bits per heavy atom. The lowest BCUT2D eigenvalue weighted by molar-refractivity contribution is -0.0859. The molecule has 1 atom stereocenters. The van der Waals surface area contributed by atoms with Gasteiger partial charge in [0.05, 0.1) is 5.16 Å². The first-order valence-corrected chi connectivity index (χ1v) is 5.01. The maximum Gasteiger partial charge on any atom is 0.151 e. The molecule has 0 fully saturated rings. The van der Waals surface area contributed by atoms with E-state index < -0.39 is 6.29 Å². The van der Waals surface area contributed by atoms with Crippen LogP contribution < -0.4 is 0 Å². The number of aliphatic imine (C=N–C) groups is 1. The van der Waals surface area contributed by atoms with Crippen LogP contribution in [0.3, 0.4) is 0 Å². The zero-order valence-electron chi connectivity index (χ0n) is 8.03. The maximum absolute atomic E-state index is 8.77. The smallest absolute Gasteiger partial charge is 0.151 e. The first-order chi connectivity index (χ1) is 6.27. The van der Waals surface area contributed by atoms with Gasteiger partial charge in [-0.2, -0.15) is 0 Å². The van der Waals surface area contributed by atoms with Crippen molar-refractivity contribution in [2.75, 3.05) is 13.2 Å². The van der Waals surface area contributed by atoms with Crippen molar-refractivity contribution >= 4 is 17.4 Å². The third kappa shape index (κ3) is 11.7. The lowest BCUT2D eigenvalue weighted by Crippen LogP contribution is -2.07. The molecule has 0 aromatic rings. The average molecular weight is 203 g/mol. The van der Waals surface area contributed by atoms with Crippen LogP contribution in [0.15, 0.2) is 4.99 Å². The van der Waals surface area contributed by atoms with E-state index in [0.717, 1.165) is 32.2 Å². The van der Waals surface area contributed by atoms with E-state index in [0.29, 0.717) is 6.61 Å². The molecule has 1 N–H and O–H groups in total. The highest BCUT2D eigenvalue weighted by molar-refractivity contribution is 7.78. The molecule has 0 aromatic heterocycles. The van der Waals surface area contributed by atoms with Crippen molar-refractivity contribution in [2.45, 2.75) is 38.9 Å². The molecule has 1 unspecified atom stereocenters. The second-order valence-electron chi connectivity index (χ2n) is 2.86. The van der Waals surface area contributed by atoms with E-state index in [1.807, 2.05) is 0 Å². The minimum atomic E-state index is -0.639. The zero-order chi connectivity index (χ0) is 9.94. The topological polar surface area (TPSA) is 41.8 Å². The Labute approximate surface area is 84.8 Å². The molecule has 0 saturated heterocycles. The van der Waals surface area contributed by atoms with E-state index in [-0.39, 0.29) is 0 Å². The number of aliphatic hydroxyl groups is 1. The van der Waals surface area contributed by atoms with Crippen molar-refractivity contribution < 1.29 is 9.84 Å². The van der Waals surface area contributed by atoms with Crippen molar-refractivity contribution in [1.82, 2.24) is 0 Å². The Bertz CT molecular complexity index is 156. The number of thiocarbonyl (C=S) groups is 1. The molecule has 0 amide bonds. The summed E-state index contributed by atoms with van der Waals surface area (Å²) in [4.78, 5) is 3.81. The molecule has 0 heterocycles. The number of unbranched alkanes of at least 4 members (excludes halogenated alkanes) is 3. The summed E-state index contributed by atoms with van der Waals surface area (Å²) in [6, 6.07) is 0. The van der Waals surface area contributed by atoms with Gasteiger partial charge in [-0.25, -0.2) is 4.99 Å². The van der Waals surface area contributed by atoms with Gasteiger partial charge in [-0.3, -0.25) is 0 Å². The maximum atomic E-state index is 8.77. The number of hydrogen-bond acceptors (Lipinski definition) is 4. The Hall–Kier alpha value is -0.280. The first kappa shape index (κ1) is 12.7. The molecule has 0 aliphatic heterocycles. The van der Waals surface area contributed by atoms with Gasteiger partial charge in [-0.05, 0) is 32.0 Å². The van der Waals surface area contributed by atoms with Crippen LogP contribution in [0.25, 0.3) is 0 Å². The quantitative estimate of drug-likeness (QED) is 0.284. The predicted molar refractivity (Wildman–Crippen MR) is 56.0 cm³/mol. The van der Waals surface area contributed by atoms with E-state index in [1.54, 1.807) is 6.92 Å². The van der Waals surface area contributed by atoms with Crippen LogP contribution in [0.2, 0.25) is 0 Å². The number of hydrogen-bond donors (Lipinski definition) is 1. The molecule has 0 aliphatic carbocycles. The summed E-state index contributed by atoms with van der Waals surface area (Å²) in [6.45, 7) is 3.03. The summed E-state index contributed by atoms with van der Waals surface area (Å²) in [5, 5.41) is 11.1. The molecule has 0 aromatic carbocycles. The summed E-state index contributed by atoms with van der Waals surface area (Å²) in [7, 11) is 0. The molecule has 0 radical (unpaired) electrons. The van der Waals surface area contributed by atoms with Gasteiger partial charge < -0.3 is 9.84 Å². The highest BCUT2D eigenvalue weighted by Gasteiger charge is 1.94. The minimum absolute atomic E-state index is 0.633. The predicted octanol–water partition coefficient (Wildman–Crippen LogP) is 2.00. The van der Waals surface area contributed by atoms with Gasteiger partial charge in [-0.15, -0.1) is 0 Å². The van der Waals surface area contributed by atoms with Crippen LogP contribution in [0, 0.1) is 0 Å². The molecule has 0 bridgehead atoms. The van der Waals surface area contributed by atoms with Crippen LogP contribution in [0.4, 0.5) is 0 Å². The van der Waals surface area contributed by atoms with Gasteiger partial charge in [-0.1, -0.05) is 12.8 Å². The van der Waals surface area contributed by atoms with Crippen LogP contribution in [0.5, 0.6) is 0 Å². The summed E-state index contributed by atoms with van der Waals surface area (Å²) in [5.41, 5.74) is 0. The molecule has 0 aliphatic rings. The summed E-state index contributed by atoms with van der Waals surface area (Å²) < 4.78 is 4.97. The van der Waals surface area contributed by atoms with Crippen LogP contribution in [-0.2, 0) is 4.74 Å². The molecular weight excluding hydrogens is 186 g/mol. The normalized spacial score (nSPS) is 12.2.